The molecule has 0 unspecified atom stereocenters. The van der Waals surface area contributed by atoms with Gasteiger partial charge in [-0.25, -0.2) is 8.78 Å². The van der Waals surface area contributed by atoms with Crippen LogP contribution in [0.25, 0.3) is 17.4 Å². The van der Waals surface area contributed by atoms with E-state index in [0.717, 1.165) is 12.1 Å². The Morgan fingerprint density at radius 2 is 1.92 bits per heavy atom. The minimum Gasteiger partial charge on any atom is -0.457 e. The lowest BCUT2D eigenvalue weighted by Crippen LogP contribution is -1.97. The number of nitrogens with zero attached hydrogens (tertiary/aromatic N) is 1. The van der Waals surface area contributed by atoms with Gasteiger partial charge in [-0.2, -0.15) is 5.26 Å². The maximum atomic E-state index is 13.8. The van der Waals surface area contributed by atoms with E-state index in [1.165, 1.54) is 24.3 Å². The Morgan fingerprint density at radius 1 is 1.24 bits per heavy atom. The number of benzene rings is 1. The van der Waals surface area contributed by atoms with E-state index in [2.05, 4.69) is 0 Å². The number of hydrogen-bond donors (Lipinski definition) is 0. The van der Waals surface area contributed by atoms with E-state index in [1.807, 2.05) is 0 Å². The highest BCUT2D eigenvalue weighted by Gasteiger charge is 2.30. The summed E-state index contributed by atoms with van der Waals surface area (Å²) >= 11 is 0. The monoisotopic (exact) mass is 367 g/mol. The lowest BCUT2D eigenvalue weighted by Gasteiger charge is -2.15. The predicted octanol–water partition coefficient (Wildman–Crippen LogP) is 5.36. The van der Waals surface area contributed by atoms with Crippen LogP contribution in [0.2, 0.25) is 0 Å². The number of nitriles is 1. The van der Waals surface area contributed by atoms with Crippen molar-refractivity contribution in [3.63, 3.8) is 0 Å². The fraction of sp³-hybridized carbons (Fsp3) is 0.235. The molecule has 0 radical (unpaired) electrons. The van der Waals surface area contributed by atoms with Crippen molar-refractivity contribution in [3.05, 3.63) is 53.0 Å². The standard InChI is InChI=1S/C17H16F2NO4P/c1-3-22-25(21,23-4-2)14(11-20)10-13-6-8-17(24-13)15-7-5-12(18)9-16(15)19/h5-10H,3-4H2,1-2H3/b14-10+. The van der Waals surface area contributed by atoms with E-state index in [4.69, 9.17) is 13.5 Å². The van der Waals surface area contributed by atoms with E-state index in [9.17, 15) is 18.6 Å². The topological polar surface area (TPSA) is 72.5 Å². The van der Waals surface area contributed by atoms with E-state index >= 15 is 0 Å². The number of rotatable bonds is 7. The van der Waals surface area contributed by atoms with Gasteiger partial charge < -0.3 is 13.5 Å². The zero-order valence-corrected chi connectivity index (χ0v) is 14.6. The van der Waals surface area contributed by atoms with Gasteiger partial charge in [-0.1, -0.05) is 0 Å². The number of hydrogen-bond acceptors (Lipinski definition) is 5. The van der Waals surface area contributed by atoms with Crippen molar-refractivity contribution in [3.8, 4) is 17.4 Å². The summed E-state index contributed by atoms with van der Waals surface area (Å²) < 4.78 is 55.1. The fourth-order valence-corrected chi connectivity index (χ4v) is 3.53. The summed E-state index contributed by atoms with van der Waals surface area (Å²) in [6.07, 6.45) is 1.22. The molecule has 0 aliphatic heterocycles. The van der Waals surface area contributed by atoms with Crippen LogP contribution in [-0.2, 0) is 13.6 Å². The van der Waals surface area contributed by atoms with Crippen molar-refractivity contribution >= 4 is 13.7 Å². The van der Waals surface area contributed by atoms with Crippen LogP contribution >= 0.6 is 7.60 Å². The smallest absolute Gasteiger partial charge is 0.371 e. The van der Waals surface area contributed by atoms with Gasteiger partial charge in [0, 0.05) is 12.1 Å². The first-order valence-electron chi connectivity index (χ1n) is 7.50. The largest absolute Gasteiger partial charge is 0.457 e. The highest BCUT2D eigenvalue weighted by atomic mass is 31.2. The molecule has 0 atom stereocenters. The molecule has 0 aliphatic carbocycles. The van der Waals surface area contributed by atoms with Crippen molar-refractivity contribution in [2.24, 2.45) is 0 Å². The Bertz CT molecular complexity index is 860. The third-order valence-electron chi connectivity index (χ3n) is 3.11. The molecule has 8 heteroatoms. The van der Waals surface area contributed by atoms with Gasteiger partial charge >= 0.3 is 7.60 Å². The van der Waals surface area contributed by atoms with Crippen LogP contribution in [-0.4, -0.2) is 13.2 Å². The van der Waals surface area contributed by atoms with Gasteiger partial charge in [-0.05, 0) is 38.1 Å². The van der Waals surface area contributed by atoms with Crippen LogP contribution in [0.4, 0.5) is 8.78 Å². The van der Waals surface area contributed by atoms with Crippen LogP contribution in [0.5, 0.6) is 0 Å². The number of halogens is 2. The lowest BCUT2D eigenvalue weighted by atomic mass is 10.1. The Morgan fingerprint density at radius 3 is 2.48 bits per heavy atom. The van der Waals surface area contributed by atoms with Crippen molar-refractivity contribution in [1.29, 1.82) is 5.26 Å². The third-order valence-corrected chi connectivity index (χ3v) is 5.13. The van der Waals surface area contributed by atoms with E-state index in [-0.39, 0.29) is 35.6 Å². The van der Waals surface area contributed by atoms with E-state index in [1.54, 1.807) is 19.9 Å². The molecule has 5 nitrogen and oxygen atoms in total. The molecule has 2 aromatic rings. The van der Waals surface area contributed by atoms with Gasteiger partial charge in [0.1, 0.15) is 34.5 Å². The van der Waals surface area contributed by atoms with E-state index in [0.29, 0.717) is 0 Å². The zero-order chi connectivity index (χ0) is 18.4. The fourth-order valence-electron chi connectivity index (χ4n) is 2.09. The van der Waals surface area contributed by atoms with Crippen LogP contribution in [0.15, 0.2) is 40.1 Å². The molecule has 0 saturated carbocycles. The molecule has 0 aliphatic rings. The summed E-state index contributed by atoms with van der Waals surface area (Å²) in [5.74, 6) is -1.17. The second-order valence-electron chi connectivity index (χ2n) is 4.80. The molecule has 132 valence electrons. The second kappa shape index (κ2) is 8.21. The molecule has 1 aromatic carbocycles. The number of allylic oxidation sites excluding steroid dienone is 1. The van der Waals surface area contributed by atoms with Crippen molar-refractivity contribution in [2.45, 2.75) is 13.8 Å². The first-order valence-corrected chi connectivity index (χ1v) is 9.04. The van der Waals surface area contributed by atoms with Crippen molar-refractivity contribution < 1.29 is 26.8 Å². The third kappa shape index (κ3) is 4.43. The van der Waals surface area contributed by atoms with Crippen LogP contribution in [0.3, 0.4) is 0 Å². The number of furan rings is 1. The molecule has 0 saturated heterocycles. The molecule has 0 N–H and O–H groups in total. The molecular formula is C17H16F2NO4P. The molecule has 25 heavy (non-hydrogen) atoms. The average Bonchev–Trinajstić information content (AvgIpc) is 3.01. The minimum absolute atomic E-state index is 0.0670. The van der Waals surface area contributed by atoms with Crippen LogP contribution in [0, 0.1) is 23.0 Å². The van der Waals surface area contributed by atoms with Crippen LogP contribution in [0.1, 0.15) is 19.6 Å². The van der Waals surface area contributed by atoms with Crippen molar-refractivity contribution in [1.82, 2.24) is 0 Å². The molecule has 1 aromatic heterocycles. The Labute approximate surface area is 144 Å². The van der Waals surface area contributed by atoms with Gasteiger partial charge in [0.2, 0.25) is 0 Å². The second-order valence-corrected chi connectivity index (χ2v) is 6.79. The first kappa shape index (κ1) is 19.1. The summed E-state index contributed by atoms with van der Waals surface area (Å²) in [6, 6.07) is 7.82. The molecule has 0 bridgehead atoms. The average molecular weight is 367 g/mol. The minimum atomic E-state index is -3.76. The maximum Gasteiger partial charge on any atom is 0.371 e. The molecular weight excluding hydrogens is 351 g/mol. The van der Waals surface area contributed by atoms with Gasteiger partial charge in [-0.15, -0.1) is 0 Å². The summed E-state index contributed by atoms with van der Waals surface area (Å²) in [6.45, 7) is 3.45. The summed E-state index contributed by atoms with van der Waals surface area (Å²) in [5.41, 5.74) is 0.0670. The molecule has 2 rings (SSSR count). The van der Waals surface area contributed by atoms with Gasteiger partial charge in [0.25, 0.3) is 0 Å². The Kier molecular flexibility index (Phi) is 6.27. The highest BCUT2D eigenvalue weighted by Crippen LogP contribution is 2.56. The zero-order valence-electron chi connectivity index (χ0n) is 13.7. The molecule has 0 amide bonds. The molecule has 0 fully saturated rings. The molecule has 1 heterocycles. The quantitative estimate of drug-likeness (QED) is 0.487. The first-order chi connectivity index (χ1) is 11.9. The van der Waals surface area contributed by atoms with Gasteiger partial charge in [0.15, 0.2) is 0 Å². The summed E-state index contributed by atoms with van der Waals surface area (Å²) in [4.78, 5) is 0. The van der Waals surface area contributed by atoms with Gasteiger partial charge in [-0.3, -0.25) is 4.57 Å². The SMILES string of the molecule is CCOP(=O)(OCC)/C(C#N)=C/c1ccc(-c2ccc(F)cc2F)o1. The normalized spacial score (nSPS) is 12.2. The highest BCUT2D eigenvalue weighted by molar-refractivity contribution is 7.59. The van der Waals surface area contributed by atoms with Crippen LogP contribution < -0.4 is 0 Å². The Balaban J connectivity index is 2.39. The van der Waals surface area contributed by atoms with Crippen molar-refractivity contribution in [2.75, 3.05) is 13.2 Å². The Hall–Kier alpha value is -2.26. The maximum absolute atomic E-state index is 13.8. The summed E-state index contributed by atoms with van der Waals surface area (Å²) in [7, 11) is -3.76. The predicted molar refractivity (Wildman–Crippen MR) is 88.5 cm³/mol. The van der Waals surface area contributed by atoms with Gasteiger partial charge in [0.05, 0.1) is 18.8 Å². The molecule has 0 spiro atoms. The van der Waals surface area contributed by atoms with E-state index < -0.39 is 19.2 Å². The lowest BCUT2D eigenvalue weighted by molar-refractivity contribution is 0.227. The summed E-state index contributed by atoms with van der Waals surface area (Å²) in [5, 5.41) is 9.06.